The summed E-state index contributed by atoms with van der Waals surface area (Å²) in [4.78, 5) is 23.0. The number of H-pyrrole nitrogens is 1. The van der Waals surface area contributed by atoms with E-state index in [-0.39, 0.29) is 6.42 Å². The predicted molar refractivity (Wildman–Crippen MR) is 110 cm³/mol. The van der Waals surface area contributed by atoms with Crippen LogP contribution in [-0.4, -0.2) is 28.0 Å². The number of nitrogens with zero attached hydrogens (tertiary/aromatic N) is 2. The van der Waals surface area contributed by atoms with Gasteiger partial charge in [0.1, 0.15) is 17.2 Å². The molecule has 29 heavy (non-hydrogen) atoms. The molecule has 4 rings (SSSR count). The number of rotatable bonds is 7. The van der Waals surface area contributed by atoms with E-state index in [4.69, 9.17) is 15.2 Å². The molecule has 4 N–H and O–H groups in total. The monoisotopic (exact) mass is 389 g/mol. The summed E-state index contributed by atoms with van der Waals surface area (Å²) in [5.74, 6) is 2.06. The lowest BCUT2D eigenvalue weighted by atomic mass is 10.2. The lowest BCUT2D eigenvalue weighted by molar-refractivity contribution is -0.117. The Morgan fingerprint density at radius 1 is 1.14 bits per heavy atom. The number of carbonyl (C=O) groups is 1. The van der Waals surface area contributed by atoms with Crippen LogP contribution in [0.5, 0.6) is 17.2 Å². The van der Waals surface area contributed by atoms with E-state index in [1.807, 2.05) is 42.5 Å². The Labute approximate surface area is 166 Å². The summed E-state index contributed by atoms with van der Waals surface area (Å²) in [6.07, 6.45) is 1.64. The Hall–Kier alpha value is -4.07. The Balaban J connectivity index is 1.55. The van der Waals surface area contributed by atoms with Gasteiger partial charge in [-0.1, -0.05) is 12.1 Å². The zero-order chi connectivity index (χ0) is 20.2. The minimum atomic E-state index is -0.442. The summed E-state index contributed by atoms with van der Waals surface area (Å²) in [7, 11) is 1.62. The number of imidazole rings is 1. The summed E-state index contributed by atoms with van der Waals surface area (Å²) < 4.78 is 11.2. The molecule has 0 saturated heterocycles. The molecule has 0 aliphatic heterocycles. The number of ether oxygens (including phenoxy) is 2. The molecule has 8 nitrogen and oxygen atoms in total. The van der Waals surface area contributed by atoms with E-state index in [0.29, 0.717) is 23.1 Å². The second kappa shape index (κ2) is 7.89. The first kappa shape index (κ1) is 18.3. The molecule has 4 aromatic rings. The highest BCUT2D eigenvalue weighted by Gasteiger charge is 2.09. The number of anilines is 2. The molecule has 1 amide bonds. The molecule has 0 bridgehead atoms. The first-order valence-electron chi connectivity index (χ1n) is 8.91. The van der Waals surface area contributed by atoms with Crippen LogP contribution < -0.4 is 20.5 Å². The average molecular weight is 389 g/mol. The molecule has 0 unspecified atom stereocenters. The van der Waals surface area contributed by atoms with Gasteiger partial charge in [0, 0.05) is 18.3 Å². The smallest absolute Gasteiger partial charge is 0.223 e. The second-order valence-corrected chi connectivity index (χ2v) is 6.32. The van der Waals surface area contributed by atoms with Gasteiger partial charge < -0.3 is 25.5 Å². The number of aromatic amines is 1. The van der Waals surface area contributed by atoms with E-state index in [0.717, 1.165) is 22.5 Å². The van der Waals surface area contributed by atoms with Gasteiger partial charge in [0.25, 0.3) is 0 Å². The number of methoxy groups -OCH3 is 1. The van der Waals surface area contributed by atoms with Crippen LogP contribution in [0.4, 0.5) is 11.6 Å². The maximum atomic E-state index is 11.1. The predicted octanol–water partition coefficient (Wildman–Crippen LogP) is 3.53. The van der Waals surface area contributed by atoms with E-state index < -0.39 is 5.91 Å². The largest absolute Gasteiger partial charge is 0.495 e. The van der Waals surface area contributed by atoms with E-state index in [9.17, 15) is 4.79 Å². The standard InChI is InChI=1S/C21H19N5O3/c1-28-19-5-3-2-4-17(19)25-21-24-16-7-6-14(12-18(16)26-21)29-15-8-9-23-13(10-15)11-20(22)27/h2-10,12H,11H2,1H3,(H2,22,27)(H2,24,25,26). The Bertz CT molecular complexity index is 1170. The quantitative estimate of drug-likeness (QED) is 0.445. The van der Waals surface area contributed by atoms with Crippen LogP contribution in [0.15, 0.2) is 60.8 Å². The van der Waals surface area contributed by atoms with Crippen molar-refractivity contribution in [2.75, 3.05) is 12.4 Å². The number of primary amides is 1. The third-order valence-corrected chi connectivity index (χ3v) is 4.19. The molecule has 146 valence electrons. The average Bonchev–Trinajstić information content (AvgIpc) is 3.10. The zero-order valence-corrected chi connectivity index (χ0v) is 15.7. The molecule has 0 saturated carbocycles. The van der Waals surface area contributed by atoms with Crippen molar-refractivity contribution in [3.8, 4) is 17.2 Å². The lowest BCUT2D eigenvalue weighted by Crippen LogP contribution is -2.14. The fourth-order valence-electron chi connectivity index (χ4n) is 2.91. The molecule has 2 aromatic carbocycles. The molecule has 0 fully saturated rings. The van der Waals surface area contributed by atoms with Crippen LogP contribution in [0, 0.1) is 0 Å². The number of carbonyl (C=O) groups excluding carboxylic acids is 1. The first-order valence-corrected chi connectivity index (χ1v) is 8.91. The highest BCUT2D eigenvalue weighted by Crippen LogP contribution is 2.29. The number of amides is 1. The number of para-hydroxylation sites is 2. The van der Waals surface area contributed by atoms with Gasteiger partial charge in [-0.15, -0.1) is 0 Å². The van der Waals surface area contributed by atoms with Gasteiger partial charge in [0.05, 0.1) is 35.9 Å². The van der Waals surface area contributed by atoms with Gasteiger partial charge in [0.2, 0.25) is 11.9 Å². The second-order valence-electron chi connectivity index (χ2n) is 6.32. The summed E-state index contributed by atoms with van der Waals surface area (Å²) in [5, 5.41) is 3.22. The summed E-state index contributed by atoms with van der Waals surface area (Å²) in [6.45, 7) is 0. The summed E-state index contributed by atoms with van der Waals surface area (Å²) in [6, 6.07) is 16.6. The van der Waals surface area contributed by atoms with Crippen LogP contribution in [0.1, 0.15) is 5.69 Å². The van der Waals surface area contributed by atoms with Crippen LogP contribution in [0.2, 0.25) is 0 Å². The number of hydrogen-bond donors (Lipinski definition) is 3. The number of pyridine rings is 1. The van der Waals surface area contributed by atoms with Crippen molar-refractivity contribution in [3.05, 3.63) is 66.5 Å². The fraction of sp³-hybridized carbons (Fsp3) is 0.0952. The molecule has 0 aliphatic carbocycles. The number of aromatic nitrogens is 3. The maximum Gasteiger partial charge on any atom is 0.223 e. The SMILES string of the molecule is COc1ccccc1Nc1nc2cc(Oc3ccnc(CC(N)=O)c3)ccc2[nH]1. The zero-order valence-electron chi connectivity index (χ0n) is 15.7. The van der Waals surface area contributed by atoms with Crippen LogP contribution in [0.3, 0.4) is 0 Å². The fourth-order valence-corrected chi connectivity index (χ4v) is 2.91. The molecular weight excluding hydrogens is 370 g/mol. The van der Waals surface area contributed by atoms with Crippen molar-refractivity contribution in [2.45, 2.75) is 6.42 Å². The van der Waals surface area contributed by atoms with Gasteiger partial charge >= 0.3 is 0 Å². The van der Waals surface area contributed by atoms with Crippen molar-refractivity contribution in [1.82, 2.24) is 15.0 Å². The first-order chi connectivity index (χ1) is 14.1. The minimum Gasteiger partial charge on any atom is -0.495 e. The van der Waals surface area contributed by atoms with Crippen molar-refractivity contribution in [1.29, 1.82) is 0 Å². The summed E-state index contributed by atoms with van der Waals surface area (Å²) in [5.41, 5.74) is 8.19. The molecular formula is C21H19N5O3. The van der Waals surface area contributed by atoms with Gasteiger partial charge in [0.15, 0.2) is 0 Å². The highest BCUT2D eigenvalue weighted by atomic mass is 16.5. The van der Waals surface area contributed by atoms with Crippen molar-refractivity contribution < 1.29 is 14.3 Å². The Morgan fingerprint density at radius 2 is 1.97 bits per heavy atom. The third-order valence-electron chi connectivity index (χ3n) is 4.19. The third kappa shape index (κ3) is 4.27. The lowest BCUT2D eigenvalue weighted by Gasteiger charge is -2.07. The number of benzene rings is 2. The van der Waals surface area contributed by atoms with E-state index >= 15 is 0 Å². The topological polar surface area (TPSA) is 115 Å². The Kier molecular flexibility index (Phi) is 4.98. The number of nitrogens with one attached hydrogen (secondary N) is 2. The molecule has 8 heteroatoms. The molecule has 0 radical (unpaired) electrons. The minimum absolute atomic E-state index is 0.0631. The van der Waals surface area contributed by atoms with Crippen LogP contribution >= 0.6 is 0 Å². The molecule has 2 aromatic heterocycles. The van der Waals surface area contributed by atoms with Crippen LogP contribution in [0.25, 0.3) is 11.0 Å². The van der Waals surface area contributed by atoms with Crippen molar-refractivity contribution in [2.24, 2.45) is 5.73 Å². The number of fused-ring (bicyclic) bond motifs is 1. The molecule has 0 aliphatic rings. The van der Waals surface area contributed by atoms with E-state index in [2.05, 4.69) is 20.3 Å². The van der Waals surface area contributed by atoms with E-state index in [1.54, 1.807) is 25.4 Å². The number of nitrogens with two attached hydrogens (primary N) is 1. The van der Waals surface area contributed by atoms with Crippen molar-refractivity contribution in [3.63, 3.8) is 0 Å². The number of hydrogen-bond acceptors (Lipinski definition) is 6. The molecule has 2 heterocycles. The van der Waals surface area contributed by atoms with Gasteiger partial charge in [-0.3, -0.25) is 9.78 Å². The molecule has 0 atom stereocenters. The van der Waals surface area contributed by atoms with E-state index in [1.165, 1.54) is 0 Å². The maximum absolute atomic E-state index is 11.1. The van der Waals surface area contributed by atoms with Crippen LogP contribution in [-0.2, 0) is 11.2 Å². The Morgan fingerprint density at radius 3 is 2.79 bits per heavy atom. The highest BCUT2D eigenvalue weighted by molar-refractivity contribution is 5.80. The van der Waals surface area contributed by atoms with Gasteiger partial charge in [-0.05, 0) is 30.3 Å². The van der Waals surface area contributed by atoms with Gasteiger partial charge in [-0.2, -0.15) is 0 Å². The summed E-state index contributed by atoms with van der Waals surface area (Å²) >= 11 is 0. The normalized spacial score (nSPS) is 10.7. The van der Waals surface area contributed by atoms with Gasteiger partial charge in [-0.25, -0.2) is 4.98 Å². The molecule has 0 spiro atoms. The van der Waals surface area contributed by atoms with Crippen molar-refractivity contribution >= 4 is 28.6 Å².